The average molecular weight is 359 g/mol. The van der Waals surface area contributed by atoms with Gasteiger partial charge in [-0.3, -0.25) is 4.79 Å². The third kappa shape index (κ3) is 6.10. The Labute approximate surface area is 151 Å². The SMILES string of the molecule is COCCOc1ccccc1CNC(=O)c1cccc(OCC(=O)O)c1. The first-order chi connectivity index (χ1) is 12.6. The highest BCUT2D eigenvalue weighted by atomic mass is 16.5. The number of carbonyl (C=O) groups excluding carboxylic acids is 1. The zero-order valence-electron chi connectivity index (χ0n) is 14.4. The molecule has 0 heterocycles. The molecule has 0 spiro atoms. The molecule has 2 aromatic rings. The first-order valence-electron chi connectivity index (χ1n) is 8.02. The van der Waals surface area contributed by atoms with Gasteiger partial charge in [0.1, 0.15) is 18.1 Å². The van der Waals surface area contributed by atoms with Crippen molar-refractivity contribution in [2.45, 2.75) is 6.54 Å². The highest BCUT2D eigenvalue weighted by molar-refractivity contribution is 5.94. The lowest BCUT2D eigenvalue weighted by atomic mass is 10.1. The highest BCUT2D eigenvalue weighted by Gasteiger charge is 2.09. The molecule has 0 aromatic heterocycles. The number of amides is 1. The fourth-order valence-corrected chi connectivity index (χ4v) is 2.18. The molecule has 0 aliphatic rings. The van der Waals surface area contributed by atoms with E-state index in [0.717, 1.165) is 5.56 Å². The molecule has 2 rings (SSSR count). The molecule has 0 saturated carbocycles. The van der Waals surface area contributed by atoms with Crippen molar-refractivity contribution in [3.05, 3.63) is 59.7 Å². The molecule has 7 nitrogen and oxygen atoms in total. The Kier molecular flexibility index (Phi) is 7.45. The van der Waals surface area contributed by atoms with E-state index in [2.05, 4.69) is 5.32 Å². The molecule has 138 valence electrons. The average Bonchev–Trinajstić information content (AvgIpc) is 2.65. The Hall–Kier alpha value is -3.06. The number of benzene rings is 2. The highest BCUT2D eigenvalue weighted by Crippen LogP contribution is 2.18. The van der Waals surface area contributed by atoms with Gasteiger partial charge in [-0.2, -0.15) is 0 Å². The topological polar surface area (TPSA) is 94.1 Å². The maximum Gasteiger partial charge on any atom is 0.341 e. The summed E-state index contributed by atoms with van der Waals surface area (Å²) < 4.78 is 15.7. The van der Waals surface area contributed by atoms with Crippen molar-refractivity contribution in [3.8, 4) is 11.5 Å². The van der Waals surface area contributed by atoms with Crippen LogP contribution in [0.5, 0.6) is 11.5 Å². The maximum atomic E-state index is 12.3. The Morgan fingerprint density at radius 1 is 1.04 bits per heavy atom. The van der Waals surface area contributed by atoms with Gasteiger partial charge >= 0.3 is 5.97 Å². The van der Waals surface area contributed by atoms with Gasteiger partial charge in [-0.05, 0) is 24.3 Å². The monoisotopic (exact) mass is 359 g/mol. The van der Waals surface area contributed by atoms with E-state index in [1.807, 2.05) is 24.3 Å². The van der Waals surface area contributed by atoms with E-state index >= 15 is 0 Å². The lowest BCUT2D eigenvalue weighted by molar-refractivity contribution is -0.139. The molecule has 0 radical (unpaired) electrons. The summed E-state index contributed by atoms with van der Waals surface area (Å²) in [5, 5.41) is 11.5. The van der Waals surface area contributed by atoms with Gasteiger partial charge < -0.3 is 24.6 Å². The number of nitrogens with one attached hydrogen (secondary N) is 1. The number of hydrogen-bond donors (Lipinski definition) is 2. The summed E-state index contributed by atoms with van der Waals surface area (Å²) in [4.78, 5) is 22.9. The van der Waals surface area contributed by atoms with Crippen molar-refractivity contribution in [2.75, 3.05) is 26.9 Å². The fourth-order valence-electron chi connectivity index (χ4n) is 2.18. The summed E-state index contributed by atoms with van der Waals surface area (Å²) in [5.41, 5.74) is 1.22. The van der Waals surface area contributed by atoms with Gasteiger partial charge in [0.15, 0.2) is 6.61 Å². The van der Waals surface area contributed by atoms with Crippen LogP contribution in [0.15, 0.2) is 48.5 Å². The van der Waals surface area contributed by atoms with Crippen molar-refractivity contribution < 1.29 is 28.9 Å². The van der Waals surface area contributed by atoms with Crippen LogP contribution in [0.2, 0.25) is 0 Å². The predicted molar refractivity (Wildman–Crippen MR) is 94.6 cm³/mol. The standard InChI is InChI=1S/C19H21NO6/c1-24-9-10-25-17-8-3-2-5-15(17)12-20-19(23)14-6-4-7-16(11-14)26-13-18(21)22/h2-8,11H,9-10,12-13H2,1H3,(H,20,23)(H,21,22). The molecule has 0 aliphatic heterocycles. The van der Waals surface area contributed by atoms with Crippen molar-refractivity contribution in [1.82, 2.24) is 5.32 Å². The zero-order chi connectivity index (χ0) is 18.8. The largest absolute Gasteiger partial charge is 0.491 e. The van der Waals surface area contributed by atoms with Gasteiger partial charge in [0, 0.05) is 24.8 Å². The van der Waals surface area contributed by atoms with Crippen LogP contribution in [0.4, 0.5) is 0 Å². The molecule has 2 aromatic carbocycles. The molecular formula is C19H21NO6. The second-order valence-corrected chi connectivity index (χ2v) is 5.34. The van der Waals surface area contributed by atoms with E-state index in [1.54, 1.807) is 25.3 Å². The fraction of sp³-hybridized carbons (Fsp3) is 0.263. The van der Waals surface area contributed by atoms with Crippen LogP contribution in [-0.2, 0) is 16.1 Å². The molecule has 26 heavy (non-hydrogen) atoms. The summed E-state index contributed by atoms with van der Waals surface area (Å²) in [6, 6.07) is 13.8. The smallest absolute Gasteiger partial charge is 0.341 e. The van der Waals surface area contributed by atoms with Gasteiger partial charge in [-0.15, -0.1) is 0 Å². The number of carboxylic acids is 1. The van der Waals surface area contributed by atoms with E-state index in [-0.39, 0.29) is 5.91 Å². The van der Waals surface area contributed by atoms with E-state index in [9.17, 15) is 9.59 Å². The first-order valence-corrected chi connectivity index (χ1v) is 8.02. The van der Waals surface area contributed by atoms with Crippen LogP contribution in [-0.4, -0.2) is 43.9 Å². The van der Waals surface area contributed by atoms with Gasteiger partial charge in [0.2, 0.25) is 0 Å². The maximum absolute atomic E-state index is 12.3. The lowest BCUT2D eigenvalue weighted by Crippen LogP contribution is -2.23. The van der Waals surface area contributed by atoms with Crippen molar-refractivity contribution in [3.63, 3.8) is 0 Å². The summed E-state index contributed by atoms with van der Waals surface area (Å²) >= 11 is 0. The molecule has 2 N–H and O–H groups in total. The van der Waals surface area contributed by atoms with Crippen molar-refractivity contribution in [1.29, 1.82) is 0 Å². The number of carboxylic acid groups (broad SMARTS) is 1. The Balaban J connectivity index is 1.96. The summed E-state index contributed by atoms with van der Waals surface area (Å²) in [7, 11) is 1.60. The number of aliphatic carboxylic acids is 1. The van der Waals surface area contributed by atoms with Crippen LogP contribution >= 0.6 is 0 Å². The minimum Gasteiger partial charge on any atom is -0.491 e. The molecule has 1 amide bonds. The van der Waals surface area contributed by atoms with E-state index in [1.165, 1.54) is 6.07 Å². The molecule has 0 fully saturated rings. The first kappa shape index (κ1) is 19.3. The van der Waals surface area contributed by atoms with E-state index in [4.69, 9.17) is 19.3 Å². The minimum absolute atomic E-state index is 0.294. The van der Waals surface area contributed by atoms with Gasteiger partial charge in [-0.1, -0.05) is 24.3 Å². The van der Waals surface area contributed by atoms with E-state index < -0.39 is 12.6 Å². The molecule has 0 atom stereocenters. The van der Waals surface area contributed by atoms with Crippen LogP contribution in [0.3, 0.4) is 0 Å². The van der Waals surface area contributed by atoms with Gasteiger partial charge in [-0.25, -0.2) is 4.79 Å². The molecule has 0 unspecified atom stereocenters. The molecule has 7 heteroatoms. The third-order valence-corrected chi connectivity index (χ3v) is 3.42. The Morgan fingerprint density at radius 3 is 2.62 bits per heavy atom. The van der Waals surface area contributed by atoms with Crippen molar-refractivity contribution >= 4 is 11.9 Å². The third-order valence-electron chi connectivity index (χ3n) is 3.42. The molecule has 0 aliphatic carbocycles. The Bertz CT molecular complexity index is 746. The quantitative estimate of drug-likeness (QED) is 0.631. The lowest BCUT2D eigenvalue weighted by Gasteiger charge is -2.12. The number of methoxy groups -OCH3 is 1. The van der Waals surface area contributed by atoms with Crippen LogP contribution in [0.1, 0.15) is 15.9 Å². The number of para-hydroxylation sites is 1. The van der Waals surface area contributed by atoms with Gasteiger partial charge in [0.25, 0.3) is 5.91 Å². The van der Waals surface area contributed by atoms with Crippen LogP contribution < -0.4 is 14.8 Å². The number of hydrogen-bond acceptors (Lipinski definition) is 5. The number of rotatable bonds is 10. The number of ether oxygens (including phenoxy) is 3. The zero-order valence-corrected chi connectivity index (χ0v) is 14.4. The number of carbonyl (C=O) groups is 2. The van der Waals surface area contributed by atoms with Gasteiger partial charge in [0.05, 0.1) is 6.61 Å². The predicted octanol–water partition coefficient (Wildman–Crippen LogP) is 2.11. The van der Waals surface area contributed by atoms with E-state index in [0.29, 0.717) is 36.8 Å². The van der Waals surface area contributed by atoms with Crippen molar-refractivity contribution in [2.24, 2.45) is 0 Å². The Morgan fingerprint density at radius 2 is 1.85 bits per heavy atom. The summed E-state index contributed by atoms with van der Waals surface area (Å²) in [5.74, 6) is -0.367. The summed E-state index contributed by atoms with van der Waals surface area (Å²) in [6.07, 6.45) is 0. The minimum atomic E-state index is -1.08. The normalized spacial score (nSPS) is 10.2. The van der Waals surface area contributed by atoms with Crippen LogP contribution in [0, 0.1) is 0 Å². The molecular weight excluding hydrogens is 338 g/mol. The van der Waals surface area contributed by atoms with Crippen LogP contribution in [0.25, 0.3) is 0 Å². The summed E-state index contributed by atoms with van der Waals surface area (Å²) in [6.45, 7) is 0.730. The second-order valence-electron chi connectivity index (χ2n) is 5.34. The molecule has 0 saturated heterocycles. The second kappa shape index (κ2) is 10.0. The molecule has 0 bridgehead atoms.